The largest absolute Gasteiger partial charge is 0.444 e. The van der Waals surface area contributed by atoms with Gasteiger partial charge < -0.3 is 29.3 Å². The molecule has 27 heavy (non-hydrogen) atoms. The highest BCUT2D eigenvalue weighted by Gasteiger charge is 2.36. The molecule has 0 aromatic carbocycles. The zero-order chi connectivity index (χ0) is 19.3. The van der Waals surface area contributed by atoms with E-state index in [-0.39, 0.29) is 12.1 Å². The van der Waals surface area contributed by atoms with E-state index in [0.717, 1.165) is 64.7 Å². The van der Waals surface area contributed by atoms with E-state index in [9.17, 15) is 4.79 Å². The van der Waals surface area contributed by atoms with Crippen LogP contribution in [0, 0.1) is 0 Å². The van der Waals surface area contributed by atoms with Crippen molar-refractivity contribution in [2.75, 3.05) is 52.5 Å². The third kappa shape index (κ3) is 5.97. The summed E-state index contributed by atoms with van der Waals surface area (Å²) in [4.78, 5) is 21.0. The average molecular weight is 383 g/mol. The highest BCUT2D eigenvalue weighted by atomic mass is 16.6. The predicted octanol–water partition coefficient (Wildman–Crippen LogP) is 1.45. The van der Waals surface area contributed by atoms with Crippen molar-refractivity contribution in [3.05, 3.63) is 0 Å². The number of fused-ring (bicyclic) bond motifs is 1. The number of ether oxygens (including phenoxy) is 3. The van der Waals surface area contributed by atoms with E-state index in [1.807, 2.05) is 20.8 Å². The van der Waals surface area contributed by atoms with E-state index in [2.05, 4.69) is 15.2 Å². The molecule has 1 amide bonds. The zero-order valence-electron chi connectivity index (χ0n) is 16.9. The van der Waals surface area contributed by atoms with Crippen LogP contribution in [0.5, 0.6) is 0 Å². The lowest BCUT2D eigenvalue weighted by Crippen LogP contribution is -2.57. The summed E-state index contributed by atoms with van der Waals surface area (Å²) >= 11 is 0. The summed E-state index contributed by atoms with van der Waals surface area (Å²) < 4.78 is 16.7. The van der Waals surface area contributed by atoms with Gasteiger partial charge in [0.05, 0.1) is 18.7 Å². The Hall–Kier alpha value is -1.54. The van der Waals surface area contributed by atoms with Crippen LogP contribution < -0.4 is 5.32 Å². The number of rotatable bonds is 5. The first-order chi connectivity index (χ1) is 12.9. The van der Waals surface area contributed by atoms with Gasteiger partial charge in [-0.3, -0.25) is 4.99 Å². The van der Waals surface area contributed by atoms with Crippen LogP contribution in [0.4, 0.5) is 4.79 Å². The molecule has 3 aliphatic heterocycles. The van der Waals surface area contributed by atoms with Gasteiger partial charge in [-0.1, -0.05) is 0 Å². The Bertz CT molecular complexity index is 528. The summed E-state index contributed by atoms with van der Waals surface area (Å²) in [7, 11) is 0. The van der Waals surface area contributed by atoms with E-state index in [0.29, 0.717) is 19.2 Å². The van der Waals surface area contributed by atoms with Crippen molar-refractivity contribution in [3.8, 4) is 0 Å². The zero-order valence-corrected chi connectivity index (χ0v) is 16.9. The lowest BCUT2D eigenvalue weighted by Gasteiger charge is -2.39. The van der Waals surface area contributed by atoms with E-state index in [1.54, 1.807) is 4.90 Å². The number of carbonyl (C=O) groups excluding carboxylic acids is 1. The third-order valence-corrected chi connectivity index (χ3v) is 4.98. The van der Waals surface area contributed by atoms with E-state index >= 15 is 0 Å². The molecule has 0 radical (unpaired) electrons. The normalized spacial score (nSPS) is 23.8. The lowest BCUT2D eigenvalue weighted by molar-refractivity contribution is -0.0320. The molecule has 1 N–H and O–H groups in total. The quantitative estimate of drug-likeness (QED) is 0.726. The molecule has 0 spiro atoms. The molecular weight excluding hydrogens is 348 g/mol. The monoisotopic (exact) mass is 382 g/mol. The molecule has 0 saturated carbocycles. The van der Waals surface area contributed by atoms with Gasteiger partial charge in [-0.25, -0.2) is 4.79 Å². The number of carbonyl (C=O) groups is 1. The predicted molar refractivity (Wildman–Crippen MR) is 103 cm³/mol. The van der Waals surface area contributed by atoms with Gasteiger partial charge in [-0.05, 0) is 40.0 Å². The second-order valence-electron chi connectivity index (χ2n) is 8.40. The van der Waals surface area contributed by atoms with Crippen molar-refractivity contribution in [1.82, 2.24) is 15.1 Å². The number of nitrogens with one attached hydrogen (secondary N) is 1. The van der Waals surface area contributed by atoms with Crippen molar-refractivity contribution in [2.45, 2.75) is 57.8 Å². The van der Waals surface area contributed by atoms with Gasteiger partial charge in [0, 0.05) is 46.0 Å². The minimum atomic E-state index is -0.459. The number of guanidine groups is 1. The van der Waals surface area contributed by atoms with Gasteiger partial charge in [0.1, 0.15) is 5.60 Å². The van der Waals surface area contributed by atoms with E-state index < -0.39 is 5.60 Å². The topological polar surface area (TPSA) is 75.6 Å². The van der Waals surface area contributed by atoms with Gasteiger partial charge in [0.2, 0.25) is 0 Å². The third-order valence-electron chi connectivity index (χ3n) is 4.98. The number of hydrogen-bond acceptors (Lipinski definition) is 7. The van der Waals surface area contributed by atoms with Crippen molar-refractivity contribution in [1.29, 1.82) is 0 Å². The van der Waals surface area contributed by atoms with Crippen LogP contribution in [0.1, 0.15) is 40.0 Å². The van der Waals surface area contributed by atoms with Crippen LogP contribution in [0.25, 0.3) is 0 Å². The molecular formula is C19H34N4O4. The number of aliphatic imine (C=N–C) groups is 1. The Morgan fingerprint density at radius 3 is 2.81 bits per heavy atom. The first-order valence-corrected chi connectivity index (χ1v) is 10.1. The van der Waals surface area contributed by atoms with Gasteiger partial charge in [-0.15, -0.1) is 0 Å². The Labute approximate surface area is 162 Å². The molecule has 3 heterocycles. The summed E-state index contributed by atoms with van der Waals surface area (Å²) in [5.41, 5.74) is -0.459. The molecule has 3 rings (SSSR count). The van der Waals surface area contributed by atoms with Crippen molar-refractivity contribution < 1.29 is 19.0 Å². The summed E-state index contributed by atoms with van der Waals surface area (Å²) in [6.07, 6.45) is 3.09. The van der Waals surface area contributed by atoms with Gasteiger partial charge in [-0.2, -0.15) is 0 Å². The molecule has 0 aromatic heterocycles. The summed E-state index contributed by atoms with van der Waals surface area (Å²) in [5.74, 6) is 0.954. The van der Waals surface area contributed by atoms with Gasteiger partial charge >= 0.3 is 6.09 Å². The molecule has 0 aliphatic carbocycles. The molecule has 1 unspecified atom stereocenters. The van der Waals surface area contributed by atoms with Crippen molar-refractivity contribution in [2.24, 2.45) is 4.99 Å². The van der Waals surface area contributed by atoms with Crippen molar-refractivity contribution >= 4 is 12.1 Å². The van der Waals surface area contributed by atoms with Crippen LogP contribution in [-0.4, -0.2) is 92.1 Å². The van der Waals surface area contributed by atoms with Crippen molar-refractivity contribution in [3.63, 3.8) is 0 Å². The molecule has 0 aromatic rings. The fourth-order valence-corrected chi connectivity index (χ4v) is 3.59. The lowest BCUT2D eigenvalue weighted by atomic mass is 10.1. The second kappa shape index (κ2) is 9.10. The summed E-state index contributed by atoms with van der Waals surface area (Å²) in [6.45, 7) is 11.8. The highest BCUT2D eigenvalue weighted by Crippen LogP contribution is 2.18. The number of amides is 1. The second-order valence-corrected chi connectivity index (χ2v) is 8.40. The molecule has 8 heteroatoms. The molecule has 0 bridgehead atoms. The number of piperazine rings is 1. The Kier molecular flexibility index (Phi) is 6.81. The molecule has 2 saturated heterocycles. The average Bonchev–Trinajstić information content (AvgIpc) is 3.03. The van der Waals surface area contributed by atoms with Crippen LogP contribution in [-0.2, 0) is 14.2 Å². The van der Waals surface area contributed by atoms with E-state index in [4.69, 9.17) is 14.2 Å². The molecule has 8 nitrogen and oxygen atoms in total. The fraction of sp³-hybridized carbons (Fsp3) is 0.895. The summed E-state index contributed by atoms with van der Waals surface area (Å²) in [6, 6.07) is 0.243. The maximum absolute atomic E-state index is 12.3. The SMILES string of the molecule is CC(C)(C)OC(=O)N1CCN2C(NCCCOC3CCOCC3)=NCC2C1. The Morgan fingerprint density at radius 1 is 1.30 bits per heavy atom. The maximum Gasteiger partial charge on any atom is 0.410 e. The van der Waals surface area contributed by atoms with E-state index in [1.165, 1.54) is 0 Å². The molecule has 2 fully saturated rings. The molecule has 154 valence electrons. The number of hydrogen-bond donors (Lipinski definition) is 1. The van der Waals surface area contributed by atoms with Gasteiger partial charge in [0.15, 0.2) is 5.96 Å². The first-order valence-electron chi connectivity index (χ1n) is 10.1. The molecule has 3 aliphatic rings. The number of nitrogens with zero attached hydrogens (tertiary/aromatic N) is 3. The molecule has 1 atom stereocenters. The summed E-state index contributed by atoms with van der Waals surface area (Å²) in [5, 5.41) is 3.44. The standard InChI is InChI=1S/C19H34N4O4/c1-19(2,3)27-18(24)22-8-9-23-15(14-22)13-21-17(23)20-7-4-10-26-16-5-11-25-12-6-16/h15-16H,4-14H2,1-3H3,(H,20,21). The van der Waals surface area contributed by atoms with Crippen LogP contribution in [0.2, 0.25) is 0 Å². The smallest absolute Gasteiger partial charge is 0.410 e. The first kappa shape index (κ1) is 20.2. The van der Waals surface area contributed by atoms with Crippen LogP contribution in [0.3, 0.4) is 0 Å². The highest BCUT2D eigenvalue weighted by molar-refractivity contribution is 5.82. The maximum atomic E-state index is 12.3. The van der Waals surface area contributed by atoms with Gasteiger partial charge in [0.25, 0.3) is 0 Å². The minimum Gasteiger partial charge on any atom is -0.444 e. The van der Waals surface area contributed by atoms with Crippen LogP contribution in [0.15, 0.2) is 4.99 Å². The Balaban J connectivity index is 1.33. The fourth-order valence-electron chi connectivity index (χ4n) is 3.59. The Morgan fingerprint density at radius 2 is 2.07 bits per heavy atom. The minimum absolute atomic E-state index is 0.228. The van der Waals surface area contributed by atoms with Crippen LogP contribution >= 0.6 is 0 Å².